The summed E-state index contributed by atoms with van der Waals surface area (Å²) in [6.07, 6.45) is 3.07. The highest BCUT2D eigenvalue weighted by Gasteiger charge is 2.25. The van der Waals surface area contributed by atoms with E-state index >= 15 is 0 Å². The fraction of sp³-hybridized carbons (Fsp3) is 0.364. The molecule has 3 rings (SSSR count). The van der Waals surface area contributed by atoms with Crippen LogP contribution in [0.25, 0.3) is 22.8 Å². The van der Waals surface area contributed by atoms with E-state index in [-0.39, 0.29) is 29.1 Å². The zero-order chi connectivity index (χ0) is 21.0. The van der Waals surface area contributed by atoms with Gasteiger partial charge in [0.2, 0.25) is 5.88 Å². The van der Waals surface area contributed by atoms with Gasteiger partial charge in [-0.05, 0) is 43.5 Å². The molecule has 1 amide bonds. The maximum atomic E-state index is 12.8. The number of rotatable bonds is 8. The highest BCUT2D eigenvalue weighted by molar-refractivity contribution is 6.30. The summed E-state index contributed by atoms with van der Waals surface area (Å²) in [5.74, 6) is 1.30. The molecule has 3 N–H and O–H groups in total. The molecule has 1 unspecified atom stereocenters. The molecule has 0 aliphatic carbocycles. The quantitative estimate of drug-likeness (QED) is 0.486. The van der Waals surface area contributed by atoms with Crippen LogP contribution in [0, 0.1) is 5.92 Å². The summed E-state index contributed by atoms with van der Waals surface area (Å²) in [5.41, 5.74) is 7.18. The number of benzene rings is 1. The Hall–Kier alpha value is -2.73. The highest BCUT2D eigenvalue weighted by Crippen LogP contribution is 2.32. The van der Waals surface area contributed by atoms with Crippen molar-refractivity contribution >= 4 is 23.4 Å². The van der Waals surface area contributed by atoms with Crippen LogP contribution < -0.4 is 11.1 Å². The molecular weight excluding hydrogens is 390 g/mol. The third-order valence-electron chi connectivity index (χ3n) is 4.69. The zero-order valence-corrected chi connectivity index (χ0v) is 17.6. The predicted octanol–water partition coefficient (Wildman–Crippen LogP) is 5.78. The molecule has 1 aromatic carbocycles. The van der Waals surface area contributed by atoms with Crippen molar-refractivity contribution in [1.82, 2.24) is 10.5 Å². The van der Waals surface area contributed by atoms with Crippen LogP contribution >= 0.6 is 11.6 Å². The fourth-order valence-corrected chi connectivity index (χ4v) is 3.34. The summed E-state index contributed by atoms with van der Waals surface area (Å²) in [7, 11) is 0. The molecule has 2 heterocycles. The largest absolute Gasteiger partial charge is 0.454 e. The third kappa shape index (κ3) is 5.21. The van der Waals surface area contributed by atoms with Gasteiger partial charge in [0.25, 0.3) is 5.91 Å². The molecule has 0 aliphatic rings. The SMILES string of the molecule is CC(C)CCCC(C)NC(=O)c1c(-c2ccc(-c3cccc(Cl)c3)o2)noc1N. The van der Waals surface area contributed by atoms with Gasteiger partial charge in [0, 0.05) is 16.6 Å². The molecule has 0 radical (unpaired) electrons. The Bertz CT molecular complexity index is 977. The Morgan fingerprint density at radius 2 is 1.93 bits per heavy atom. The maximum absolute atomic E-state index is 12.8. The van der Waals surface area contributed by atoms with Crippen molar-refractivity contribution < 1.29 is 13.7 Å². The smallest absolute Gasteiger partial charge is 0.259 e. The van der Waals surface area contributed by atoms with Crippen LogP contribution in [-0.2, 0) is 0 Å². The zero-order valence-electron chi connectivity index (χ0n) is 16.9. The van der Waals surface area contributed by atoms with Crippen molar-refractivity contribution in [2.75, 3.05) is 5.73 Å². The van der Waals surface area contributed by atoms with Crippen LogP contribution in [0.2, 0.25) is 5.02 Å². The van der Waals surface area contributed by atoms with Gasteiger partial charge in [0.05, 0.1) is 0 Å². The van der Waals surface area contributed by atoms with Crippen molar-refractivity contribution in [2.24, 2.45) is 5.92 Å². The number of anilines is 1. The Morgan fingerprint density at radius 3 is 2.66 bits per heavy atom. The lowest BCUT2D eigenvalue weighted by Gasteiger charge is -2.14. The van der Waals surface area contributed by atoms with E-state index in [0.717, 1.165) is 24.8 Å². The summed E-state index contributed by atoms with van der Waals surface area (Å²) in [6.45, 7) is 6.36. The minimum atomic E-state index is -0.323. The number of nitrogens with zero attached hydrogens (tertiary/aromatic N) is 1. The van der Waals surface area contributed by atoms with Crippen LogP contribution in [0.5, 0.6) is 0 Å². The number of amides is 1. The number of nitrogens with two attached hydrogens (primary N) is 1. The predicted molar refractivity (Wildman–Crippen MR) is 115 cm³/mol. The van der Waals surface area contributed by atoms with E-state index in [0.29, 0.717) is 22.5 Å². The van der Waals surface area contributed by atoms with E-state index in [2.05, 4.69) is 24.3 Å². The molecule has 3 aromatic rings. The fourth-order valence-electron chi connectivity index (χ4n) is 3.15. The molecule has 2 aromatic heterocycles. The standard InChI is InChI=1S/C22H26ClN3O3/c1-13(2)6-4-7-14(3)25-22(27)19-20(26-29-21(19)24)18-11-10-17(28-18)15-8-5-9-16(23)12-15/h5,8-14H,4,6-7,24H2,1-3H3,(H,25,27). The van der Waals surface area contributed by atoms with Crippen molar-refractivity contribution in [1.29, 1.82) is 0 Å². The van der Waals surface area contributed by atoms with Gasteiger partial charge in [0.1, 0.15) is 11.3 Å². The summed E-state index contributed by atoms with van der Waals surface area (Å²) in [5, 5.41) is 7.53. The van der Waals surface area contributed by atoms with Gasteiger partial charge in [-0.2, -0.15) is 0 Å². The average Bonchev–Trinajstić information content (AvgIpc) is 3.28. The van der Waals surface area contributed by atoms with Gasteiger partial charge < -0.3 is 20.0 Å². The highest BCUT2D eigenvalue weighted by atomic mass is 35.5. The first-order valence-corrected chi connectivity index (χ1v) is 10.1. The number of carbonyl (C=O) groups is 1. The third-order valence-corrected chi connectivity index (χ3v) is 4.93. The van der Waals surface area contributed by atoms with Crippen LogP contribution in [0.1, 0.15) is 50.4 Å². The van der Waals surface area contributed by atoms with E-state index < -0.39 is 0 Å². The van der Waals surface area contributed by atoms with Crippen LogP contribution in [-0.4, -0.2) is 17.1 Å². The van der Waals surface area contributed by atoms with Crippen molar-refractivity contribution in [3.63, 3.8) is 0 Å². The van der Waals surface area contributed by atoms with E-state index in [4.69, 9.17) is 26.3 Å². The Morgan fingerprint density at radius 1 is 1.17 bits per heavy atom. The van der Waals surface area contributed by atoms with E-state index in [1.165, 1.54) is 0 Å². The number of halogens is 1. The normalized spacial score (nSPS) is 12.3. The number of hydrogen-bond donors (Lipinski definition) is 2. The van der Waals surface area contributed by atoms with Gasteiger partial charge in [-0.25, -0.2) is 0 Å². The lowest BCUT2D eigenvalue weighted by atomic mass is 10.0. The number of furan rings is 1. The number of nitrogens with one attached hydrogen (secondary N) is 1. The Labute approximate surface area is 175 Å². The molecule has 0 saturated heterocycles. The maximum Gasteiger partial charge on any atom is 0.259 e. The second-order valence-corrected chi connectivity index (χ2v) is 8.08. The van der Waals surface area contributed by atoms with E-state index in [1.54, 1.807) is 24.3 Å². The Kier molecular flexibility index (Phi) is 6.64. The van der Waals surface area contributed by atoms with Gasteiger partial charge in [-0.15, -0.1) is 0 Å². The minimum Gasteiger partial charge on any atom is -0.454 e. The second-order valence-electron chi connectivity index (χ2n) is 7.64. The van der Waals surface area contributed by atoms with E-state index in [1.807, 2.05) is 19.1 Å². The second kappa shape index (κ2) is 9.18. The van der Waals surface area contributed by atoms with Crippen molar-refractivity contribution in [3.8, 4) is 22.8 Å². The molecule has 0 spiro atoms. The molecular formula is C22H26ClN3O3. The molecule has 0 bridgehead atoms. The molecule has 154 valence electrons. The first kappa shape index (κ1) is 21.0. The van der Waals surface area contributed by atoms with Crippen LogP contribution in [0.4, 0.5) is 5.88 Å². The molecule has 1 atom stereocenters. The van der Waals surface area contributed by atoms with Crippen LogP contribution in [0.3, 0.4) is 0 Å². The number of carbonyl (C=O) groups excluding carboxylic acids is 1. The van der Waals surface area contributed by atoms with Crippen molar-refractivity contribution in [3.05, 3.63) is 47.0 Å². The molecule has 7 heteroatoms. The number of aromatic nitrogens is 1. The van der Waals surface area contributed by atoms with Crippen LogP contribution in [0.15, 0.2) is 45.3 Å². The lowest BCUT2D eigenvalue weighted by molar-refractivity contribution is 0.0938. The van der Waals surface area contributed by atoms with Gasteiger partial charge in [0.15, 0.2) is 11.5 Å². The number of hydrogen-bond acceptors (Lipinski definition) is 5. The van der Waals surface area contributed by atoms with Crippen molar-refractivity contribution in [2.45, 2.75) is 46.1 Å². The first-order valence-electron chi connectivity index (χ1n) is 9.77. The lowest BCUT2D eigenvalue weighted by Crippen LogP contribution is -2.33. The summed E-state index contributed by atoms with van der Waals surface area (Å²) in [4.78, 5) is 12.8. The molecule has 6 nitrogen and oxygen atoms in total. The summed E-state index contributed by atoms with van der Waals surface area (Å²) >= 11 is 6.05. The Balaban J connectivity index is 1.77. The topological polar surface area (TPSA) is 94.3 Å². The van der Waals surface area contributed by atoms with Gasteiger partial charge in [-0.1, -0.05) is 55.6 Å². The number of nitrogen functional groups attached to an aromatic ring is 1. The van der Waals surface area contributed by atoms with Gasteiger partial charge >= 0.3 is 0 Å². The first-order chi connectivity index (χ1) is 13.8. The van der Waals surface area contributed by atoms with Gasteiger partial charge in [-0.3, -0.25) is 4.79 Å². The molecule has 0 fully saturated rings. The molecule has 0 aliphatic heterocycles. The monoisotopic (exact) mass is 415 g/mol. The average molecular weight is 416 g/mol. The minimum absolute atomic E-state index is 0.0158. The summed E-state index contributed by atoms with van der Waals surface area (Å²) < 4.78 is 11.0. The summed E-state index contributed by atoms with van der Waals surface area (Å²) in [6, 6.07) is 10.9. The molecule has 0 saturated carbocycles. The van der Waals surface area contributed by atoms with E-state index in [9.17, 15) is 4.79 Å². The molecule has 29 heavy (non-hydrogen) atoms.